The maximum Gasteiger partial charge on any atom is 0.429 e. The molecule has 0 atom stereocenters. The van der Waals surface area contributed by atoms with Gasteiger partial charge in [0.1, 0.15) is 12.1 Å². The average Bonchev–Trinajstić information content (AvgIpc) is 3.09. The van der Waals surface area contributed by atoms with Crippen molar-refractivity contribution in [2.24, 2.45) is 5.90 Å². The lowest BCUT2D eigenvalue weighted by Gasteiger charge is -2.31. The van der Waals surface area contributed by atoms with Crippen molar-refractivity contribution in [2.45, 2.75) is 43.9 Å². The molecule has 112 valence electrons. The van der Waals surface area contributed by atoms with Crippen LogP contribution in [0.3, 0.4) is 0 Å². The Bertz CT molecular complexity index is 538. The quantitative estimate of drug-likeness (QED) is 0.677. The number of benzene rings is 1. The Morgan fingerprint density at radius 1 is 1.24 bits per heavy atom. The second-order valence-corrected chi connectivity index (χ2v) is 5.58. The monoisotopic (exact) mass is 290 g/mol. The molecule has 0 aliphatic carbocycles. The standard InChI is InChI=1S/C15H18N2O4/c16-21-14(19)17-12-6-8-15(17,9-7-12)13(18)20-10-11-4-2-1-3-5-11/h1-5,12H,6-10,16H2. The second-order valence-electron chi connectivity index (χ2n) is 5.58. The summed E-state index contributed by atoms with van der Waals surface area (Å²) in [5.74, 6) is 4.62. The minimum Gasteiger partial charge on any atom is -0.459 e. The summed E-state index contributed by atoms with van der Waals surface area (Å²) in [5.41, 5.74) is 0.0263. The van der Waals surface area contributed by atoms with Crippen LogP contribution in [0.4, 0.5) is 4.79 Å². The highest BCUT2D eigenvalue weighted by atomic mass is 16.7. The predicted octanol–water partition coefficient (Wildman–Crippen LogP) is 1.74. The number of nitrogens with two attached hydrogens (primary N) is 1. The third kappa shape index (κ3) is 2.25. The first-order valence-electron chi connectivity index (χ1n) is 7.08. The molecule has 0 radical (unpaired) electrons. The number of rotatable bonds is 3. The number of esters is 1. The van der Waals surface area contributed by atoms with Gasteiger partial charge in [0.25, 0.3) is 0 Å². The predicted molar refractivity (Wildman–Crippen MR) is 73.7 cm³/mol. The normalized spacial score (nSPS) is 26.7. The van der Waals surface area contributed by atoms with Gasteiger partial charge >= 0.3 is 12.1 Å². The summed E-state index contributed by atoms with van der Waals surface area (Å²) in [6, 6.07) is 9.50. The van der Waals surface area contributed by atoms with E-state index < -0.39 is 11.6 Å². The first kappa shape index (κ1) is 13.9. The topological polar surface area (TPSA) is 81.9 Å². The minimum atomic E-state index is -0.893. The zero-order valence-corrected chi connectivity index (χ0v) is 11.7. The Hall–Kier alpha value is -2.08. The van der Waals surface area contributed by atoms with Crippen molar-refractivity contribution in [1.29, 1.82) is 0 Å². The van der Waals surface area contributed by atoms with Gasteiger partial charge < -0.3 is 9.57 Å². The van der Waals surface area contributed by atoms with Gasteiger partial charge in [0.05, 0.1) is 0 Å². The summed E-state index contributed by atoms with van der Waals surface area (Å²) in [7, 11) is 0. The van der Waals surface area contributed by atoms with Crippen LogP contribution >= 0.6 is 0 Å². The van der Waals surface area contributed by atoms with Gasteiger partial charge in [-0.2, -0.15) is 5.90 Å². The maximum absolute atomic E-state index is 12.5. The fourth-order valence-electron chi connectivity index (χ4n) is 3.47. The van der Waals surface area contributed by atoms with Crippen LogP contribution < -0.4 is 5.90 Å². The number of amides is 1. The summed E-state index contributed by atoms with van der Waals surface area (Å²) in [5, 5.41) is 0. The molecule has 0 spiro atoms. The number of nitrogens with zero attached hydrogens (tertiary/aromatic N) is 1. The molecule has 6 heteroatoms. The van der Waals surface area contributed by atoms with Crippen molar-refractivity contribution >= 4 is 12.1 Å². The van der Waals surface area contributed by atoms with Gasteiger partial charge in [-0.05, 0) is 31.2 Å². The number of ether oxygens (including phenoxy) is 1. The van der Waals surface area contributed by atoms with E-state index in [0.717, 1.165) is 18.4 Å². The highest BCUT2D eigenvalue weighted by Crippen LogP contribution is 2.47. The van der Waals surface area contributed by atoms with Crippen LogP contribution in [-0.4, -0.2) is 28.5 Å². The van der Waals surface area contributed by atoms with Gasteiger partial charge in [0.2, 0.25) is 0 Å². The molecule has 2 N–H and O–H groups in total. The van der Waals surface area contributed by atoms with Gasteiger partial charge in [-0.15, -0.1) is 0 Å². The lowest BCUT2D eigenvalue weighted by atomic mass is 9.88. The summed E-state index contributed by atoms with van der Waals surface area (Å²) in [6.45, 7) is 0.206. The SMILES string of the molecule is NOC(=O)N1C2CCC1(C(=O)OCc1ccccc1)CC2. The number of carbonyl (C=O) groups is 2. The first-order valence-corrected chi connectivity index (χ1v) is 7.08. The molecule has 2 fully saturated rings. The smallest absolute Gasteiger partial charge is 0.429 e. The zero-order chi connectivity index (χ0) is 14.9. The van der Waals surface area contributed by atoms with Crippen LogP contribution in [-0.2, 0) is 21.0 Å². The molecule has 2 aliphatic heterocycles. The van der Waals surface area contributed by atoms with E-state index in [1.165, 1.54) is 4.90 Å². The number of hydrogen-bond acceptors (Lipinski definition) is 5. The van der Waals surface area contributed by atoms with Gasteiger partial charge in [-0.1, -0.05) is 30.3 Å². The van der Waals surface area contributed by atoms with E-state index in [-0.39, 0.29) is 18.6 Å². The van der Waals surface area contributed by atoms with Crippen molar-refractivity contribution in [1.82, 2.24) is 4.90 Å². The fraction of sp³-hybridized carbons (Fsp3) is 0.467. The Kier molecular flexibility index (Phi) is 3.55. The summed E-state index contributed by atoms with van der Waals surface area (Å²) >= 11 is 0. The minimum absolute atomic E-state index is 0.0327. The Balaban J connectivity index is 1.72. The van der Waals surface area contributed by atoms with Crippen LogP contribution in [0.2, 0.25) is 0 Å². The largest absolute Gasteiger partial charge is 0.459 e. The summed E-state index contributed by atoms with van der Waals surface area (Å²) in [6.07, 6.45) is 2.15. The molecule has 3 rings (SSSR count). The van der Waals surface area contributed by atoms with E-state index in [2.05, 4.69) is 4.84 Å². The third-order valence-electron chi connectivity index (χ3n) is 4.50. The lowest BCUT2D eigenvalue weighted by molar-refractivity contribution is -0.156. The molecule has 0 unspecified atom stereocenters. The fourth-order valence-corrected chi connectivity index (χ4v) is 3.47. The lowest BCUT2D eigenvalue weighted by Crippen LogP contribution is -2.52. The van der Waals surface area contributed by atoms with Gasteiger partial charge in [-0.25, -0.2) is 9.59 Å². The molecule has 2 aliphatic rings. The van der Waals surface area contributed by atoms with Crippen molar-refractivity contribution in [3.05, 3.63) is 35.9 Å². The molecule has 0 aromatic heterocycles. The Morgan fingerprint density at radius 2 is 1.90 bits per heavy atom. The molecular weight excluding hydrogens is 272 g/mol. The van der Waals surface area contributed by atoms with E-state index in [0.29, 0.717) is 12.8 Å². The van der Waals surface area contributed by atoms with Crippen LogP contribution in [0.15, 0.2) is 30.3 Å². The molecule has 2 saturated heterocycles. The van der Waals surface area contributed by atoms with E-state index in [1.807, 2.05) is 30.3 Å². The molecule has 21 heavy (non-hydrogen) atoms. The van der Waals surface area contributed by atoms with Crippen LogP contribution in [0.5, 0.6) is 0 Å². The van der Waals surface area contributed by atoms with Crippen LogP contribution in [0, 0.1) is 0 Å². The van der Waals surface area contributed by atoms with Crippen LogP contribution in [0.1, 0.15) is 31.2 Å². The molecule has 2 bridgehead atoms. The summed E-state index contributed by atoms with van der Waals surface area (Å²) in [4.78, 5) is 30.2. The zero-order valence-electron chi connectivity index (χ0n) is 11.7. The third-order valence-corrected chi connectivity index (χ3v) is 4.50. The molecular formula is C15H18N2O4. The number of fused-ring (bicyclic) bond motifs is 2. The van der Waals surface area contributed by atoms with E-state index in [4.69, 9.17) is 10.6 Å². The van der Waals surface area contributed by atoms with Gasteiger partial charge in [0, 0.05) is 6.04 Å². The second kappa shape index (κ2) is 5.37. The Labute approximate surface area is 122 Å². The van der Waals surface area contributed by atoms with Crippen LogP contribution in [0.25, 0.3) is 0 Å². The van der Waals surface area contributed by atoms with E-state index >= 15 is 0 Å². The highest BCUT2D eigenvalue weighted by molar-refractivity contribution is 5.87. The Morgan fingerprint density at radius 3 is 2.52 bits per heavy atom. The molecule has 6 nitrogen and oxygen atoms in total. The van der Waals surface area contributed by atoms with Crippen molar-refractivity contribution in [2.75, 3.05) is 0 Å². The van der Waals surface area contributed by atoms with Crippen molar-refractivity contribution in [3.63, 3.8) is 0 Å². The average molecular weight is 290 g/mol. The molecule has 1 aromatic carbocycles. The van der Waals surface area contributed by atoms with Crippen molar-refractivity contribution < 1.29 is 19.2 Å². The molecule has 0 saturated carbocycles. The number of hydrogen-bond donors (Lipinski definition) is 1. The number of carbonyl (C=O) groups excluding carboxylic acids is 2. The maximum atomic E-state index is 12.5. The highest BCUT2D eigenvalue weighted by Gasteiger charge is 2.60. The molecule has 2 heterocycles. The molecule has 1 amide bonds. The molecule has 1 aromatic rings. The first-order chi connectivity index (χ1) is 10.2. The van der Waals surface area contributed by atoms with Gasteiger partial charge in [-0.3, -0.25) is 4.90 Å². The van der Waals surface area contributed by atoms with E-state index in [9.17, 15) is 9.59 Å². The van der Waals surface area contributed by atoms with Gasteiger partial charge in [0.15, 0.2) is 0 Å². The van der Waals surface area contributed by atoms with E-state index in [1.54, 1.807) is 0 Å². The summed E-state index contributed by atoms with van der Waals surface area (Å²) < 4.78 is 5.43. The van der Waals surface area contributed by atoms with Crippen molar-refractivity contribution in [3.8, 4) is 0 Å².